The average molecular weight is 521 g/mol. The molecule has 0 unspecified atom stereocenters. The number of aromatic nitrogens is 1. The van der Waals surface area contributed by atoms with Gasteiger partial charge in [0.25, 0.3) is 10.0 Å². The van der Waals surface area contributed by atoms with E-state index in [9.17, 15) is 13.2 Å². The fourth-order valence-electron chi connectivity index (χ4n) is 3.94. The van der Waals surface area contributed by atoms with Crippen molar-refractivity contribution in [2.45, 2.75) is 23.9 Å². The molecule has 1 fully saturated rings. The first-order valence-electron chi connectivity index (χ1n) is 10.4. The van der Waals surface area contributed by atoms with Crippen molar-refractivity contribution in [2.24, 2.45) is 10.7 Å². The van der Waals surface area contributed by atoms with Crippen LogP contribution >= 0.6 is 23.8 Å². The second kappa shape index (κ2) is 10.00. The molecule has 0 bridgehead atoms. The number of carbonyl (C=O) groups excluding carboxylic acids is 1. The second-order valence-electron chi connectivity index (χ2n) is 7.83. The maximum Gasteiger partial charge on any atom is 0.263 e. The number of thiocarbonyl (C=S) groups is 1. The minimum absolute atomic E-state index is 0. The molecular weight excluding hydrogens is 496 g/mol. The number of amides is 1. The van der Waals surface area contributed by atoms with Gasteiger partial charge in [-0.25, -0.2) is 13.4 Å². The lowest BCUT2D eigenvalue weighted by atomic mass is 10.2. The summed E-state index contributed by atoms with van der Waals surface area (Å²) in [5.41, 5.74) is 6.91. The molecule has 4 rings (SSSR count). The van der Waals surface area contributed by atoms with Crippen LogP contribution in [0.3, 0.4) is 0 Å². The Morgan fingerprint density at radius 1 is 1.26 bits per heavy atom. The van der Waals surface area contributed by atoms with Gasteiger partial charge in [0, 0.05) is 43.0 Å². The number of carbonyl (C=O) groups is 1. The zero-order valence-electron chi connectivity index (χ0n) is 18.0. The second-order valence-corrected chi connectivity index (χ2v) is 10.3. The van der Waals surface area contributed by atoms with Crippen molar-refractivity contribution in [2.75, 3.05) is 18.0 Å². The van der Waals surface area contributed by atoms with Crippen molar-refractivity contribution in [1.29, 1.82) is 0 Å². The Morgan fingerprint density at radius 2 is 2.03 bits per heavy atom. The number of hydrogen-bond donors (Lipinski definition) is 3. The highest BCUT2D eigenvalue weighted by Crippen LogP contribution is 2.23. The van der Waals surface area contributed by atoms with E-state index < -0.39 is 10.0 Å². The highest BCUT2D eigenvalue weighted by molar-refractivity contribution is 7.91. The average Bonchev–Trinajstić information content (AvgIpc) is 3.41. The summed E-state index contributed by atoms with van der Waals surface area (Å²) in [5, 5.41) is 4.50. The Hall–Kier alpha value is -3.15. The Bertz CT molecular complexity index is 1360. The maximum atomic E-state index is 12.6. The summed E-state index contributed by atoms with van der Waals surface area (Å²) in [6, 6.07) is 14.0. The summed E-state index contributed by atoms with van der Waals surface area (Å²) >= 11 is 10.9. The van der Waals surface area contributed by atoms with E-state index in [4.69, 9.17) is 29.6 Å². The van der Waals surface area contributed by atoms with Crippen molar-refractivity contribution >= 4 is 67.8 Å². The molecule has 1 saturated heterocycles. The molecule has 3 aromatic rings. The van der Waals surface area contributed by atoms with Crippen LogP contribution in [-0.2, 0) is 21.4 Å². The molecule has 4 N–H and O–H groups in total. The van der Waals surface area contributed by atoms with Gasteiger partial charge < -0.3 is 20.5 Å². The van der Waals surface area contributed by atoms with Gasteiger partial charge >= 0.3 is 0 Å². The van der Waals surface area contributed by atoms with Crippen molar-refractivity contribution in [1.82, 2.24) is 14.6 Å². The molecule has 0 spiro atoms. The number of fused-ring (bicyclic) bond motifs is 1. The Kier molecular flexibility index (Phi) is 7.05. The lowest BCUT2D eigenvalue weighted by molar-refractivity contribution is -0.122. The van der Waals surface area contributed by atoms with Crippen LogP contribution in [0.2, 0.25) is 5.02 Å². The standard InChI is InChI=1S/C22H23ClN6O3S2.H2/c23-16-2-1-15-7-9-29(20(15)11-16)13-21(30)26-17-8-10-28(12-17)18-3-5-19(6-4-18)34(31,32)27-22(33)25-14-24;/h1-7,9,11,14,17H,8,10,12-13H2,(H,26,30)(H3,24,25,27,33);1H/t17-;/m0./s1. The van der Waals surface area contributed by atoms with Gasteiger partial charge in [-0.3, -0.25) is 9.52 Å². The summed E-state index contributed by atoms with van der Waals surface area (Å²) < 4.78 is 28.8. The molecule has 12 heteroatoms. The van der Waals surface area contributed by atoms with Crippen molar-refractivity contribution in [3.05, 3.63) is 59.8 Å². The quantitative estimate of drug-likeness (QED) is 0.261. The first kappa shape index (κ1) is 24.0. The van der Waals surface area contributed by atoms with E-state index in [2.05, 4.69) is 19.9 Å². The van der Waals surface area contributed by atoms with Crippen LogP contribution in [0.1, 0.15) is 7.85 Å². The molecule has 180 valence electrons. The van der Waals surface area contributed by atoms with Crippen LogP contribution in [0.5, 0.6) is 0 Å². The Balaban J connectivity index is 0.00000342. The largest absolute Gasteiger partial charge is 0.390 e. The van der Waals surface area contributed by atoms with Crippen molar-refractivity contribution in [3.8, 4) is 0 Å². The SMILES string of the molecule is NC=NC(=S)NS(=O)(=O)c1ccc(N2CC[C@H](NC(=O)Cn3ccc4ccc(Cl)cc43)C2)cc1.[HH]. The van der Waals surface area contributed by atoms with Crippen LogP contribution in [0, 0.1) is 0 Å². The van der Waals surface area contributed by atoms with E-state index in [1.54, 1.807) is 12.1 Å². The van der Waals surface area contributed by atoms with Crippen LogP contribution in [0.15, 0.2) is 64.6 Å². The fraction of sp³-hybridized carbons (Fsp3) is 0.227. The van der Waals surface area contributed by atoms with E-state index in [0.717, 1.165) is 35.9 Å². The highest BCUT2D eigenvalue weighted by atomic mass is 35.5. The zero-order valence-corrected chi connectivity index (χ0v) is 20.4. The lowest BCUT2D eigenvalue weighted by Gasteiger charge is -2.19. The molecule has 34 heavy (non-hydrogen) atoms. The number of anilines is 1. The van der Waals surface area contributed by atoms with Gasteiger partial charge in [0.15, 0.2) is 0 Å². The number of aliphatic imine (C=N–C) groups is 1. The highest BCUT2D eigenvalue weighted by Gasteiger charge is 2.25. The summed E-state index contributed by atoms with van der Waals surface area (Å²) in [6.07, 6.45) is 3.59. The van der Waals surface area contributed by atoms with Gasteiger partial charge in [0.05, 0.1) is 11.2 Å². The zero-order chi connectivity index (χ0) is 24.3. The molecule has 0 aliphatic carbocycles. The monoisotopic (exact) mass is 520 g/mol. The number of nitrogens with two attached hydrogens (primary N) is 1. The van der Waals surface area contributed by atoms with E-state index in [0.29, 0.717) is 11.6 Å². The molecule has 0 radical (unpaired) electrons. The summed E-state index contributed by atoms with van der Waals surface area (Å²) in [5.74, 6) is -0.0760. The van der Waals surface area contributed by atoms with Gasteiger partial charge in [0.2, 0.25) is 11.0 Å². The molecule has 0 saturated carbocycles. The van der Waals surface area contributed by atoms with Crippen molar-refractivity contribution < 1.29 is 14.6 Å². The molecule has 1 aromatic heterocycles. The minimum atomic E-state index is -3.84. The Labute approximate surface area is 209 Å². The fourth-order valence-corrected chi connectivity index (χ4v) is 5.39. The summed E-state index contributed by atoms with van der Waals surface area (Å²) in [4.78, 5) is 18.3. The summed E-state index contributed by atoms with van der Waals surface area (Å²) in [7, 11) is -3.84. The predicted octanol–water partition coefficient (Wildman–Crippen LogP) is 2.49. The lowest BCUT2D eigenvalue weighted by Crippen LogP contribution is -2.38. The molecule has 2 aromatic carbocycles. The first-order chi connectivity index (χ1) is 16.2. The summed E-state index contributed by atoms with van der Waals surface area (Å²) in [6.45, 7) is 1.58. The third-order valence-corrected chi connectivity index (χ3v) is 7.46. The number of benzene rings is 2. The van der Waals surface area contributed by atoms with Crippen LogP contribution in [0.4, 0.5) is 5.69 Å². The van der Waals surface area contributed by atoms with Gasteiger partial charge in [-0.2, -0.15) is 0 Å². The molecule has 2 heterocycles. The van der Waals surface area contributed by atoms with Crippen molar-refractivity contribution in [3.63, 3.8) is 0 Å². The molecule has 1 atom stereocenters. The van der Waals surface area contributed by atoms with E-state index in [1.165, 1.54) is 12.1 Å². The molecule has 1 aliphatic heterocycles. The predicted molar refractivity (Wildman–Crippen MR) is 140 cm³/mol. The van der Waals surface area contributed by atoms with Gasteiger partial charge in [0.1, 0.15) is 6.54 Å². The van der Waals surface area contributed by atoms with E-state index in [1.807, 2.05) is 35.0 Å². The smallest absolute Gasteiger partial charge is 0.263 e. The number of nitrogens with zero attached hydrogens (tertiary/aromatic N) is 3. The van der Waals surface area contributed by atoms with Crippen LogP contribution in [0.25, 0.3) is 10.9 Å². The van der Waals surface area contributed by atoms with Gasteiger partial charge in [-0.15, -0.1) is 0 Å². The minimum Gasteiger partial charge on any atom is -0.390 e. The Morgan fingerprint density at radius 3 is 2.76 bits per heavy atom. The molecule has 1 amide bonds. The number of rotatable bonds is 6. The van der Waals surface area contributed by atoms with Gasteiger partial charge in [-0.05, 0) is 66.5 Å². The van der Waals surface area contributed by atoms with Crippen LogP contribution < -0.4 is 20.7 Å². The maximum absolute atomic E-state index is 12.6. The van der Waals surface area contributed by atoms with Crippen LogP contribution in [-0.4, -0.2) is 49.5 Å². The normalized spacial score (nSPS) is 16.3. The molecule has 9 nitrogen and oxygen atoms in total. The van der Waals surface area contributed by atoms with Gasteiger partial charge in [-0.1, -0.05) is 17.7 Å². The molecular formula is C22H25ClN6O3S2. The topological polar surface area (TPSA) is 122 Å². The van der Waals surface area contributed by atoms with E-state index >= 15 is 0 Å². The van der Waals surface area contributed by atoms with E-state index in [-0.39, 0.29) is 29.9 Å². The third-order valence-electron chi connectivity index (χ3n) is 5.53. The third kappa shape index (κ3) is 5.49. The first-order valence-corrected chi connectivity index (χ1v) is 12.7. The number of hydrogen-bond acceptors (Lipinski definition) is 5. The molecule has 1 aliphatic rings. The number of halogens is 1. The number of sulfonamides is 1. The number of nitrogens with one attached hydrogen (secondary N) is 2.